The average molecular weight is 357 g/mol. The number of aliphatic hydroxyl groups excluding tert-OH is 1. The lowest BCUT2D eigenvalue weighted by Gasteiger charge is -2.25. The molecular formula is C22H32N2O2. The Bertz CT molecular complexity index is 561. The maximum atomic E-state index is 11.3. The van der Waals surface area contributed by atoms with Gasteiger partial charge in [0.2, 0.25) is 5.91 Å². The number of amides is 1. The number of hydrogen-bond acceptors (Lipinski definition) is 3. The Morgan fingerprint density at radius 2 is 1.42 bits per heavy atom. The van der Waals surface area contributed by atoms with Crippen LogP contribution in [0.15, 0.2) is 60.7 Å². The van der Waals surface area contributed by atoms with Gasteiger partial charge < -0.3 is 10.4 Å². The minimum Gasteiger partial charge on any atom is -0.390 e. The van der Waals surface area contributed by atoms with Crippen LogP contribution in [-0.4, -0.2) is 35.1 Å². The Hall–Kier alpha value is -2.17. The lowest BCUT2D eigenvalue weighted by atomic mass is 10.1. The molecule has 0 bridgehead atoms. The summed E-state index contributed by atoms with van der Waals surface area (Å²) in [5, 5.41) is 13.0. The van der Waals surface area contributed by atoms with Crippen LogP contribution in [0.4, 0.5) is 0 Å². The summed E-state index contributed by atoms with van der Waals surface area (Å²) in [6.45, 7) is 8.11. The quantitative estimate of drug-likeness (QED) is 0.722. The first-order valence-corrected chi connectivity index (χ1v) is 9.42. The molecule has 26 heavy (non-hydrogen) atoms. The molecule has 2 N–H and O–H groups in total. The second-order valence-corrected chi connectivity index (χ2v) is 5.95. The molecule has 4 heteroatoms. The van der Waals surface area contributed by atoms with Crippen molar-refractivity contribution < 1.29 is 9.90 Å². The minimum atomic E-state index is -0.590. The van der Waals surface area contributed by atoms with Crippen LogP contribution in [0.1, 0.15) is 38.3 Å². The monoisotopic (exact) mass is 356 g/mol. The van der Waals surface area contributed by atoms with E-state index < -0.39 is 6.10 Å². The maximum absolute atomic E-state index is 11.3. The fourth-order valence-corrected chi connectivity index (χ4v) is 2.59. The molecule has 2 aromatic carbocycles. The minimum absolute atomic E-state index is 0.0354. The summed E-state index contributed by atoms with van der Waals surface area (Å²) < 4.78 is 0. The summed E-state index contributed by atoms with van der Waals surface area (Å²) in [6.07, 6.45) is -0.155. The third-order valence-corrected chi connectivity index (χ3v) is 3.82. The number of rotatable bonds is 9. The van der Waals surface area contributed by atoms with Crippen LogP contribution in [-0.2, 0) is 17.9 Å². The molecule has 0 aliphatic heterocycles. The molecule has 142 valence electrons. The van der Waals surface area contributed by atoms with E-state index in [1.807, 2.05) is 50.2 Å². The molecule has 0 aliphatic rings. The fourth-order valence-electron chi connectivity index (χ4n) is 2.59. The number of carbonyl (C=O) groups excluding carboxylic acids is 1. The normalized spacial score (nSPS) is 11.4. The maximum Gasteiger partial charge on any atom is 0.219 e. The average Bonchev–Trinajstić information content (AvgIpc) is 2.69. The molecule has 2 aromatic rings. The summed E-state index contributed by atoms with van der Waals surface area (Å²) in [5.74, 6) is -0.0354. The Morgan fingerprint density at radius 1 is 0.962 bits per heavy atom. The van der Waals surface area contributed by atoms with E-state index in [-0.39, 0.29) is 12.5 Å². The second-order valence-electron chi connectivity index (χ2n) is 5.95. The number of benzene rings is 2. The molecule has 1 atom stereocenters. The molecule has 0 heterocycles. The molecule has 0 saturated carbocycles. The van der Waals surface area contributed by atoms with Crippen LogP contribution in [0.5, 0.6) is 0 Å². The first kappa shape index (κ1) is 21.9. The molecule has 1 unspecified atom stereocenters. The van der Waals surface area contributed by atoms with E-state index in [0.717, 1.165) is 13.1 Å². The molecule has 2 rings (SSSR count). The predicted octanol–water partition coefficient (Wildman–Crippen LogP) is 3.60. The van der Waals surface area contributed by atoms with Crippen molar-refractivity contribution in [2.45, 2.75) is 46.4 Å². The highest BCUT2D eigenvalue weighted by Gasteiger charge is 2.13. The van der Waals surface area contributed by atoms with E-state index in [0.29, 0.717) is 13.0 Å². The van der Waals surface area contributed by atoms with Crippen LogP contribution in [0.25, 0.3) is 0 Å². The second kappa shape index (κ2) is 13.1. The Labute approximate surface area is 157 Å². The smallest absolute Gasteiger partial charge is 0.219 e. The largest absolute Gasteiger partial charge is 0.390 e. The predicted molar refractivity (Wildman–Crippen MR) is 108 cm³/mol. The van der Waals surface area contributed by atoms with Crippen molar-refractivity contribution in [2.75, 3.05) is 13.1 Å². The third-order valence-electron chi connectivity index (χ3n) is 3.82. The molecule has 0 spiro atoms. The number of carbonyl (C=O) groups is 1. The van der Waals surface area contributed by atoms with Gasteiger partial charge in [0.25, 0.3) is 0 Å². The van der Waals surface area contributed by atoms with E-state index in [2.05, 4.69) is 34.5 Å². The zero-order valence-electron chi connectivity index (χ0n) is 16.2. The van der Waals surface area contributed by atoms with Crippen molar-refractivity contribution in [2.24, 2.45) is 0 Å². The van der Waals surface area contributed by atoms with Gasteiger partial charge in [-0.15, -0.1) is 0 Å². The standard InChI is InChI=1S/C20H26N2O2.C2H6/c1-2-20(24)21-13-19(23)16-22(14-17-9-5-3-6-10-17)15-18-11-7-4-8-12-18;1-2/h3-12,19,23H,2,13-16H2,1H3,(H,21,24);1-2H3. The molecule has 0 fully saturated rings. The molecule has 0 aromatic heterocycles. The van der Waals surface area contributed by atoms with Crippen molar-refractivity contribution in [3.8, 4) is 0 Å². The van der Waals surface area contributed by atoms with Gasteiger partial charge in [-0.25, -0.2) is 0 Å². The van der Waals surface area contributed by atoms with Crippen LogP contribution in [0, 0.1) is 0 Å². The van der Waals surface area contributed by atoms with Crippen molar-refractivity contribution >= 4 is 5.91 Å². The molecule has 0 saturated heterocycles. The van der Waals surface area contributed by atoms with Gasteiger partial charge in [0, 0.05) is 32.6 Å². The van der Waals surface area contributed by atoms with Crippen molar-refractivity contribution in [3.05, 3.63) is 71.8 Å². The first-order valence-electron chi connectivity index (χ1n) is 9.42. The van der Waals surface area contributed by atoms with Gasteiger partial charge in [-0.2, -0.15) is 0 Å². The van der Waals surface area contributed by atoms with Crippen LogP contribution < -0.4 is 5.32 Å². The third kappa shape index (κ3) is 8.79. The van der Waals surface area contributed by atoms with Crippen molar-refractivity contribution in [3.63, 3.8) is 0 Å². The van der Waals surface area contributed by atoms with Crippen LogP contribution in [0.2, 0.25) is 0 Å². The van der Waals surface area contributed by atoms with E-state index in [1.54, 1.807) is 6.92 Å². The SMILES string of the molecule is CC.CCC(=O)NCC(O)CN(Cc1ccccc1)Cc1ccccc1. The lowest BCUT2D eigenvalue weighted by molar-refractivity contribution is -0.121. The van der Waals surface area contributed by atoms with Crippen molar-refractivity contribution in [1.29, 1.82) is 0 Å². The number of nitrogens with one attached hydrogen (secondary N) is 1. The molecule has 1 amide bonds. The highest BCUT2D eigenvalue weighted by atomic mass is 16.3. The summed E-state index contributed by atoms with van der Waals surface area (Å²) in [4.78, 5) is 13.6. The van der Waals surface area contributed by atoms with Gasteiger partial charge in [0.05, 0.1) is 6.10 Å². The Morgan fingerprint density at radius 3 is 1.85 bits per heavy atom. The molecule has 4 nitrogen and oxygen atoms in total. The highest BCUT2D eigenvalue weighted by Crippen LogP contribution is 2.10. The Kier molecular flexibility index (Phi) is 11.0. The molecule has 0 radical (unpaired) electrons. The van der Waals surface area contributed by atoms with E-state index in [4.69, 9.17) is 0 Å². The zero-order chi connectivity index (χ0) is 19.2. The summed E-state index contributed by atoms with van der Waals surface area (Å²) in [6, 6.07) is 20.4. The van der Waals surface area contributed by atoms with E-state index >= 15 is 0 Å². The molecular weight excluding hydrogens is 324 g/mol. The highest BCUT2D eigenvalue weighted by molar-refractivity contribution is 5.75. The van der Waals surface area contributed by atoms with Crippen LogP contribution >= 0.6 is 0 Å². The lowest BCUT2D eigenvalue weighted by Crippen LogP contribution is -2.39. The van der Waals surface area contributed by atoms with Crippen LogP contribution in [0.3, 0.4) is 0 Å². The van der Waals surface area contributed by atoms with Gasteiger partial charge in [-0.3, -0.25) is 9.69 Å². The zero-order valence-corrected chi connectivity index (χ0v) is 16.2. The number of hydrogen-bond donors (Lipinski definition) is 2. The summed E-state index contributed by atoms with van der Waals surface area (Å²) in [7, 11) is 0. The van der Waals surface area contributed by atoms with Gasteiger partial charge in [0.1, 0.15) is 0 Å². The van der Waals surface area contributed by atoms with E-state index in [9.17, 15) is 9.90 Å². The van der Waals surface area contributed by atoms with Gasteiger partial charge >= 0.3 is 0 Å². The summed E-state index contributed by atoms with van der Waals surface area (Å²) in [5.41, 5.74) is 2.41. The van der Waals surface area contributed by atoms with Crippen molar-refractivity contribution in [1.82, 2.24) is 10.2 Å². The Balaban J connectivity index is 0.00000163. The van der Waals surface area contributed by atoms with Gasteiger partial charge in [-0.1, -0.05) is 81.4 Å². The van der Waals surface area contributed by atoms with E-state index in [1.165, 1.54) is 11.1 Å². The van der Waals surface area contributed by atoms with Gasteiger partial charge in [0.15, 0.2) is 0 Å². The topological polar surface area (TPSA) is 52.6 Å². The molecule has 0 aliphatic carbocycles. The van der Waals surface area contributed by atoms with Gasteiger partial charge in [-0.05, 0) is 11.1 Å². The number of aliphatic hydroxyl groups is 1. The first-order chi connectivity index (χ1) is 12.7. The summed E-state index contributed by atoms with van der Waals surface area (Å²) >= 11 is 0. The fraction of sp³-hybridized carbons (Fsp3) is 0.409. The number of nitrogens with zero attached hydrogens (tertiary/aromatic N) is 1.